The number of fused-ring (bicyclic) bond motifs is 1. The molecular formula is C22H21N3S. The molecule has 1 N–H and O–H groups in total. The van der Waals surface area contributed by atoms with Crippen LogP contribution in [0.4, 0.5) is 11.5 Å². The van der Waals surface area contributed by atoms with Crippen molar-refractivity contribution in [1.82, 2.24) is 9.97 Å². The molecule has 0 bridgehead atoms. The van der Waals surface area contributed by atoms with Crippen molar-refractivity contribution in [3.8, 4) is 11.1 Å². The molecule has 2 aromatic heterocycles. The third-order valence-corrected chi connectivity index (χ3v) is 5.58. The minimum absolute atomic E-state index is 0.867. The third kappa shape index (κ3) is 3.08. The molecule has 4 heteroatoms. The summed E-state index contributed by atoms with van der Waals surface area (Å²) >= 11 is 1.66. The third-order valence-electron chi connectivity index (χ3n) is 4.69. The highest BCUT2D eigenvalue weighted by atomic mass is 32.1. The Bertz CT molecular complexity index is 1030. The predicted octanol–water partition coefficient (Wildman–Crippen LogP) is 6.23. The van der Waals surface area contributed by atoms with Gasteiger partial charge in [0.05, 0.1) is 5.39 Å². The molecule has 4 rings (SSSR count). The van der Waals surface area contributed by atoms with Crippen LogP contribution in [-0.4, -0.2) is 9.97 Å². The molecule has 2 heterocycles. The van der Waals surface area contributed by atoms with Crippen molar-refractivity contribution in [3.05, 3.63) is 71.4 Å². The SMILES string of the molecule is CCc1ccc(-c2csc3ncnc(Nc4ccccc4CC)c23)cc1. The molecule has 0 aliphatic rings. The van der Waals surface area contributed by atoms with Gasteiger partial charge in [0.25, 0.3) is 0 Å². The Morgan fingerprint density at radius 2 is 1.73 bits per heavy atom. The minimum atomic E-state index is 0.867. The zero-order chi connectivity index (χ0) is 17.9. The summed E-state index contributed by atoms with van der Waals surface area (Å²) in [5, 5.41) is 6.81. The number of nitrogens with one attached hydrogen (secondary N) is 1. The zero-order valence-corrected chi connectivity index (χ0v) is 15.8. The Labute approximate surface area is 157 Å². The molecule has 26 heavy (non-hydrogen) atoms. The normalized spacial score (nSPS) is 11.0. The van der Waals surface area contributed by atoms with Crippen LogP contribution in [0.25, 0.3) is 21.3 Å². The van der Waals surface area contributed by atoms with E-state index in [4.69, 9.17) is 0 Å². The summed E-state index contributed by atoms with van der Waals surface area (Å²) in [6.45, 7) is 4.34. The van der Waals surface area contributed by atoms with E-state index in [-0.39, 0.29) is 0 Å². The molecule has 0 unspecified atom stereocenters. The topological polar surface area (TPSA) is 37.8 Å². The van der Waals surface area contributed by atoms with Crippen molar-refractivity contribution in [1.29, 1.82) is 0 Å². The van der Waals surface area contributed by atoms with Gasteiger partial charge in [-0.15, -0.1) is 11.3 Å². The highest BCUT2D eigenvalue weighted by Gasteiger charge is 2.14. The van der Waals surface area contributed by atoms with Crippen molar-refractivity contribution in [3.63, 3.8) is 0 Å². The lowest BCUT2D eigenvalue weighted by atomic mass is 10.0. The van der Waals surface area contributed by atoms with Gasteiger partial charge in [-0.05, 0) is 35.6 Å². The Hall–Kier alpha value is -2.72. The van der Waals surface area contributed by atoms with Gasteiger partial charge in [-0.2, -0.15) is 0 Å². The van der Waals surface area contributed by atoms with E-state index in [2.05, 4.69) is 83.0 Å². The van der Waals surface area contributed by atoms with Crippen LogP contribution in [-0.2, 0) is 12.8 Å². The summed E-state index contributed by atoms with van der Waals surface area (Å²) in [7, 11) is 0. The van der Waals surface area contributed by atoms with Crippen molar-refractivity contribution in [2.24, 2.45) is 0 Å². The number of hydrogen-bond donors (Lipinski definition) is 1. The second kappa shape index (κ2) is 7.26. The standard InChI is InChI=1S/C22H21N3S/c1-3-15-9-11-17(12-10-15)18-13-26-22-20(18)21(23-14-24-22)25-19-8-6-5-7-16(19)4-2/h5-14H,3-4H2,1-2H3,(H,23,24,25). The summed E-state index contributed by atoms with van der Waals surface area (Å²) in [6, 6.07) is 17.2. The summed E-state index contributed by atoms with van der Waals surface area (Å²) in [6.07, 6.45) is 3.67. The van der Waals surface area contributed by atoms with Crippen LogP contribution in [0.1, 0.15) is 25.0 Å². The van der Waals surface area contributed by atoms with Crippen LogP contribution in [0.15, 0.2) is 60.2 Å². The number of aryl methyl sites for hydroxylation is 2. The smallest absolute Gasteiger partial charge is 0.143 e. The monoisotopic (exact) mass is 359 g/mol. The largest absolute Gasteiger partial charge is 0.339 e. The maximum Gasteiger partial charge on any atom is 0.143 e. The number of anilines is 2. The highest BCUT2D eigenvalue weighted by molar-refractivity contribution is 7.17. The summed E-state index contributed by atoms with van der Waals surface area (Å²) in [5.74, 6) is 0.867. The van der Waals surface area contributed by atoms with Gasteiger partial charge in [0, 0.05) is 16.6 Å². The molecule has 4 aromatic rings. The predicted molar refractivity (Wildman–Crippen MR) is 111 cm³/mol. The van der Waals surface area contributed by atoms with Crippen molar-refractivity contribution >= 4 is 33.1 Å². The average molecular weight is 359 g/mol. The summed E-state index contributed by atoms with van der Waals surface area (Å²) in [5.41, 5.74) is 6.12. The fourth-order valence-electron chi connectivity index (χ4n) is 3.18. The number of rotatable bonds is 5. The van der Waals surface area contributed by atoms with E-state index in [9.17, 15) is 0 Å². The van der Waals surface area contributed by atoms with Gasteiger partial charge in [-0.3, -0.25) is 0 Å². The van der Waals surface area contributed by atoms with E-state index >= 15 is 0 Å². The molecule has 0 saturated carbocycles. The van der Waals surface area contributed by atoms with Crippen LogP contribution in [0.2, 0.25) is 0 Å². The first-order valence-corrected chi connectivity index (χ1v) is 9.84. The number of hydrogen-bond acceptors (Lipinski definition) is 4. The molecule has 0 fully saturated rings. The fourth-order valence-corrected chi connectivity index (χ4v) is 4.10. The number of benzene rings is 2. The lowest BCUT2D eigenvalue weighted by molar-refractivity contribution is 1.14. The summed E-state index contributed by atoms with van der Waals surface area (Å²) in [4.78, 5) is 10.0. The molecular weight excluding hydrogens is 338 g/mol. The molecule has 0 aliphatic heterocycles. The number of thiophene rings is 1. The number of nitrogens with zero attached hydrogens (tertiary/aromatic N) is 2. The first kappa shape index (κ1) is 16.7. The van der Waals surface area contributed by atoms with Crippen LogP contribution in [0, 0.1) is 0 Å². The molecule has 0 amide bonds. The molecule has 3 nitrogen and oxygen atoms in total. The average Bonchev–Trinajstić information content (AvgIpc) is 3.14. The van der Waals surface area contributed by atoms with Gasteiger partial charge in [-0.25, -0.2) is 9.97 Å². The Balaban J connectivity index is 1.81. The summed E-state index contributed by atoms with van der Waals surface area (Å²) < 4.78 is 0. The second-order valence-corrected chi connectivity index (χ2v) is 7.10. The minimum Gasteiger partial charge on any atom is -0.339 e. The lowest BCUT2D eigenvalue weighted by Crippen LogP contribution is -1.98. The van der Waals surface area contributed by atoms with E-state index in [0.717, 1.165) is 34.6 Å². The first-order chi connectivity index (χ1) is 12.8. The molecule has 0 aliphatic carbocycles. The van der Waals surface area contributed by atoms with E-state index in [1.807, 2.05) is 0 Å². The molecule has 0 saturated heterocycles. The van der Waals surface area contributed by atoms with Crippen LogP contribution >= 0.6 is 11.3 Å². The van der Waals surface area contributed by atoms with Crippen molar-refractivity contribution in [2.45, 2.75) is 26.7 Å². The van der Waals surface area contributed by atoms with Crippen molar-refractivity contribution in [2.75, 3.05) is 5.32 Å². The number of aromatic nitrogens is 2. The molecule has 130 valence electrons. The highest BCUT2D eigenvalue weighted by Crippen LogP contribution is 2.37. The van der Waals surface area contributed by atoms with E-state index < -0.39 is 0 Å². The van der Waals surface area contributed by atoms with E-state index in [1.54, 1.807) is 17.7 Å². The molecule has 0 atom stereocenters. The molecule has 2 aromatic carbocycles. The van der Waals surface area contributed by atoms with Gasteiger partial charge >= 0.3 is 0 Å². The van der Waals surface area contributed by atoms with Gasteiger partial charge in [-0.1, -0.05) is 56.3 Å². The second-order valence-electron chi connectivity index (χ2n) is 6.24. The Morgan fingerprint density at radius 1 is 0.923 bits per heavy atom. The zero-order valence-electron chi connectivity index (χ0n) is 15.0. The van der Waals surface area contributed by atoms with Gasteiger partial charge in [0.15, 0.2) is 0 Å². The van der Waals surface area contributed by atoms with Gasteiger partial charge < -0.3 is 5.32 Å². The lowest BCUT2D eigenvalue weighted by Gasteiger charge is -2.12. The van der Waals surface area contributed by atoms with E-state index in [1.165, 1.54) is 22.3 Å². The Morgan fingerprint density at radius 3 is 2.50 bits per heavy atom. The molecule has 0 spiro atoms. The van der Waals surface area contributed by atoms with E-state index in [0.29, 0.717) is 0 Å². The quantitative estimate of drug-likeness (QED) is 0.459. The fraction of sp³-hybridized carbons (Fsp3) is 0.182. The maximum absolute atomic E-state index is 4.55. The van der Waals surface area contributed by atoms with Crippen molar-refractivity contribution < 1.29 is 0 Å². The molecule has 0 radical (unpaired) electrons. The maximum atomic E-state index is 4.55. The van der Waals surface area contributed by atoms with Crippen LogP contribution in [0.3, 0.4) is 0 Å². The number of para-hydroxylation sites is 1. The van der Waals surface area contributed by atoms with Crippen LogP contribution in [0.5, 0.6) is 0 Å². The van der Waals surface area contributed by atoms with Gasteiger partial charge in [0.1, 0.15) is 17.0 Å². The van der Waals surface area contributed by atoms with Gasteiger partial charge in [0.2, 0.25) is 0 Å². The Kier molecular flexibility index (Phi) is 4.67. The van der Waals surface area contributed by atoms with Crippen LogP contribution < -0.4 is 5.32 Å². The first-order valence-electron chi connectivity index (χ1n) is 8.96.